The smallest absolute Gasteiger partial charge is 0.303 e. The number of rotatable bonds is 4. The van der Waals surface area contributed by atoms with E-state index in [1.54, 1.807) is 22.9 Å². The molecule has 2 N–H and O–H groups in total. The highest BCUT2D eigenvalue weighted by Crippen LogP contribution is 2.39. The molecule has 1 aliphatic rings. The van der Waals surface area contributed by atoms with E-state index >= 15 is 0 Å². The van der Waals surface area contributed by atoms with Gasteiger partial charge in [0.05, 0.1) is 0 Å². The van der Waals surface area contributed by atoms with Gasteiger partial charge in [-0.1, -0.05) is 6.08 Å². The molecule has 0 aliphatic carbocycles. The van der Waals surface area contributed by atoms with Crippen LogP contribution in [-0.4, -0.2) is 52.6 Å². The van der Waals surface area contributed by atoms with Crippen molar-refractivity contribution in [3.63, 3.8) is 0 Å². The predicted octanol–water partition coefficient (Wildman–Crippen LogP) is -0.187. The molecule has 1 fully saturated rings. The molecule has 7 heteroatoms. The van der Waals surface area contributed by atoms with Gasteiger partial charge in [-0.3, -0.25) is 14.3 Å². The molecule has 1 aliphatic heterocycles. The largest absolute Gasteiger partial charge is 0.472 e. The zero-order valence-corrected chi connectivity index (χ0v) is 8.93. The fraction of sp³-hybridized carbons (Fsp3) is 0.714. The Balaban J connectivity index is 2.62. The zero-order chi connectivity index (χ0) is 10.8. The van der Waals surface area contributed by atoms with E-state index in [0.717, 1.165) is 6.54 Å². The summed E-state index contributed by atoms with van der Waals surface area (Å²) in [5.41, 5.74) is 0. The normalized spacial score (nSPS) is 25.5. The van der Waals surface area contributed by atoms with Crippen molar-refractivity contribution < 1.29 is 18.9 Å². The van der Waals surface area contributed by atoms with Gasteiger partial charge in [-0.2, -0.15) is 0 Å². The molecular weight excluding hydrogens is 207 g/mol. The second-order valence-electron chi connectivity index (χ2n) is 3.19. The molecule has 1 atom stereocenters. The van der Waals surface area contributed by atoms with Gasteiger partial charge < -0.3 is 9.79 Å². The van der Waals surface area contributed by atoms with Crippen molar-refractivity contribution in [2.45, 2.75) is 6.35 Å². The van der Waals surface area contributed by atoms with Crippen LogP contribution >= 0.6 is 7.82 Å². The Labute approximate surface area is 83.0 Å². The first-order valence-corrected chi connectivity index (χ1v) is 5.76. The van der Waals surface area contributed by atoms with E-state index in [2.05, 4.69) is 11.1 Å². The highest BCUT2D eigenvalue weighted by atomic mass is 31.2. The number of phosphoric acid groups is 1. The molecule has 0 saturated carbocycles. The summed E-state index contributed by atoms with van der Waals surface area (Å²) in [6, 6.07) is 0. The molecule has 0 aromatic carbocycles. The first-order chi connectivity index (χ1) is 6.44. The van der Waals surface area contributed by atoms with E-state index in [1.807, 2.05) is 0 Å². The van der Waals surface area contributed by atoms with Gasteiger partial charge in [-0.15, -0.1) is 6.58 Å². The second kappa shape index (κ2) is 4.53. The fourth-order valence-electron chi connectivity index (χ4n) is 1.40. The van der Waals surface area contributed by atoms with Crippen LogP contribution < -0.4 is 0 Å². The fourth-order valence-corrected chi connectivity index (χ4v) is 1.94. The lowest BCUT2D eigenvalue weighted by molar-refractivity contribution is -0.0371. The van der Waals surface area contributed by atoms with Crippen molar-refractivity contribution in [1.29, 1.82) is 0 Å². The summed E-state index contributed by atoms with van der Waals surface area (Å²) in [7, 11) is -2.68. The molecule has 1 saturated heterocycles. The standard InChI is InChI=1S/C7H15N2O4P/c1-3-4-9-6-5-8(2)7(9)13-14(10,11)12/h3,7H,1,4-6H2,2H3,(H2,10,11,12). The van der Waals surface area contributed by atoms with Gasteiger partial charge in [0.1, 0.15) is 0 Å². The average molecular weight is 222 g/mol. The summed E-state index contributed by atoms with van der Waals surface area (Å²) >= 11 is 0. The van der Waals surface area contributed by atoms with Gasteiger partial charge in [0.25, 0.3) is 0 Å². The monoisotopic (exact) mass is 222 g/mol. The Morgan fingerprint density at radius 1 is 1.64 bits per heavy atom. The topological polar surface area (TPSA) is 73.2 Å². The van der Waals surface area contributed by atoms with Crippen LogP contribution in [0.2, 0.25) is 0 Å². The molecular formula is C7H15N2O4P. The lowest BCUT2D eigenvalue weighted by Crippen LogP contribution is -2.38. The molecule has 14 heavy (non-hydrogen) atoms. The van der Waals surface area contributed by atoms with Gasteiger partial charge in [0.15, 0.2) is 6.35 Å². The maximum absolute atomic E-state index is 10.7. The van der Waals surface area contributed by atoms with Crippen LogP contribution in [0, 0.1) is 0 Å². The van der Waals surface area contributed by atoms with Crippen molar-refractivity contribution in [3.8, 4) is 0 Å². The number of likely N-dealkylation sites (N-methyl/N-ethyl adjacent to an activating group) is 1. The highest BCUT2D eigenvalue weighted by Gasteiger charge is 2.34. The molecule has 0 aromatic rings. The molecule has 1 rings (SSSR count). The molecule has 0 radical (unpaired) electrons. The second-order valence-corrected chi connectivity index (χ2v) is 4.38. The van der Waals surface area contributed by atoms with E-state index in [0.29, 0.717) is 13.1 Å². The molecule has 6 nitrogen and oxygen atoms in total. The predicted molar refractivity (Wildman–Crippen MR) is 51.3 cm³/mol. The minimum absolute atomic E-state index is 0.551. The van der Waals surface area contributed by atoms with Crippen molar-refractivity contribution in [3.05, 3.63) is 12.7 Å². The van der Waals surface area contributed by atoms with E-state index in [1.165, 1.54) is 0 Å². The first-order valence-electron chi connectivity index (χ1n) is 4.23. The zero-order valence-electron chi connectivity index (χ0n) is 8.04. The molecule has 0 amide bonds. The molecule has 0 spiro atoms. The summed E-state index contributed by atoms with van der Waals surface area (Å²) < 4.78 is 15.3. The Hall–Kier alpha value is -0.230. The summed E-state index contributed by atoms with van der Waals surface area (Å²) in [5.74, 6) is 0. The summed E-state index contributed by atoms with van der Waals surface area (Å²) in [6.07, 6.45) is 1.02. The van der Waals surface area contributed by atoms with Crippen LogP contribution in [0.4, 0.5) is 0 Å². The van der Waals surface area contributed by atoms with E-state index < -0.39 is 14.2 Å². The average Bonchev–Trinajstić information content (AvgIpc) is 2.34. The first kappa shape index (κ1) is 11.8. The van der Waals surface area contributed by atoms with Crippen molar-refractivity contribution in [1.82, 2.24) is 9.80 Å². The minimum Gasteiger partial charge on any atom is -0.303 e. The number of hydrogen-bond acceptors (Lipinski definition) is 4. The lowest BCUT2D eigenvalue weighted by Gasteiger charge is -2.26. The number of phosphoric ester groups is 1. The van der Waals surface area contributed by atoms with Crippen LogP contribution in [0.1, 0.15) is 0 Å². The highest BCUT2D eigenvalue weighted by molar-refractivity contribution is 7.46. The third kappa shape index (κ3) is 3.16. The maximum Gasteiger partial charge on any atom is 0.472 e. The van der Waals surface area contributed by atoms with E-state index in [-0.39, 0.29) is 0 Å². The number of nitrogens with zero attached hydrogens (tertiary/aromatic N) is 2. The van der Waals surface area contributed by atoms with Crippen molar-refractivity contribution in [2.24, 2.45) is 0 Å². The van der Waals surface area contributed by atoms with Crippen LogP contribution in [0.3, 0.4) is 0 Å². The lowest BCUT2D eigenvalue weighted by atomic mass is 10.5. The third-order valence-electron chi connectivity index (χ3n) is 2.02. The Kier molecular flexibility index (Phi) is 3.83. The van der Waals surface area contributed by atoms with Gasteiger partial charge in [-0.05, 0) is 7.05 Å². The van der Waals surface area contributed by atoms with Gasteiger partial charge in [0, 0.05) is 19.6 Å². The van der Waals surface area contributed by atoms with Gasteiger partial charge in [0.2, 0.25) is 0 Å². The van der Waals surface area contributed by atoms with Crippen LogP contribution in [-0.2, 0) is 9.09 Å². The van der Waals surface area contributed by atoms with Gasteiger partial charge in [-0.25, -0.2) is 4.57 Å². The number of hydrogen-bond donors (Lipinski definition) is 2. The molecule has 82 valence electrons. The Bertz CT molecular complexity index is 254. The molecule has 0 aromatic heterocycles. The molecule has 1 heterocycles. The molecule has 0 bridgehead atoms. The van der Waals surface area contributed by atoms with E-state index in [4.69, 9.17) is 9.79 Å². The Morgan fingerprint density at radius 2 is 2.29 bits per heavy atom. The van der Waals surface area contributed by atoms with Crippen LogP contribution in [0.15, 0.2) is 12.7 Å². The van der Waals surface area contributed by atoms with Crippen molar-refractivity contribution in [2.75, 3.05) is 26.7 Å². The summed E-state index contributed by atoms with van der Waals surface area (Å²) in [4.78, 5) is 20.9. The SMILES string of the molecule is C=CCN1CCN(C)C1OP(=O)(O)O. The minimum atomic E-state index is -4.43. The summed E-state index contributed by atoms with van der Waals surface area (Å²) in [6.45, 7) is 5.56. The van der Waals surface area contributed by atoms with Crippen molar-refractivity contribution >= 4 is 7.82 Å². The van der Waals surface area contributed by atoms with Crippen LogP contribution in [0.5, 0.6) is 0 Å². The third-order valence-corrected chi connectivity index (χ3v) is 2.49. The quantitative estimate of drug-likeness (QED) is 0.507. The molecule has 1 unspecified atom stereocenters. The van der Waals surface area contributed by atoms with E-state index in [9.17, 15) is 4.57 Å². The summed E-state index contributed by atoms with van der Waals surface area (Å²) in [5, 5.41) is 0. The maximum atomic E-state index is 10.7. The Morgan fingerprint density at radius 3 is 2.79 bits per heavy atom. The van der Waals surface area contributed by atoms with Gasteiger partial charge >= 0.3 is 7.82 Å². The van der Waals surface area contributed by atoms with Crippen LogP contribution in [0.25, 0.3) is 0 Å².